The van der Waals surface area contributed by atoms with E-state index in [0.717, 1.165) is 25.0 Å². The highest BCUT2D eigenvalue weighted by Gasteiger charge is 2.13. The molecule has 202 valence electrons. The third kappa shape index (κ3) is 11.3. The van der Waals surface area contributed by atoms with Crippen LogP contribution < -0.4 is 9.47 Å². The SMILES string of the molecule is C=CC(=O)OCCCCCCOc1ccc(C#Cc2ccc(OCCCCOC(=O)C=C)cc2)c(F)c1F. The first kappa shape index (κ1) is 30.1. The maximum absolute atomic E-state index is 14.5. The predicted molar refractivity (Wildman–Crippen MR) is 140 cm³/mol. The van der Waals surface area contributed by atoms with Gasteiger partial charge in [-0.2, -0.15) is 4.39 Å². The molecule has 38 heavy (non-hydrogen) atoms. The number of halogens is 2. The first-order valence-corrected chi connectivity index (χ1v) is 12.4. The lowest BCUT2D eigenvalue weighted by atomic mass is 10.1. The number of rotatable bonds is 16. The molecule has 0 fully saturated rings. The molecule has 8 heteroatoms. The monoisotopic (exact) mass is 526 g/mol. The molecule has 0 unspecified atom stereocenters. The third-order valence-electron chi connectivity index (χ3n) is 5.17. The third-order valence-corrected chi connectivity index (χ3v) is 5.17. The molecule has 0 aliphatic rings. The van der Waals surface area contributed by atoms with Crippen molar-refractivity contribution in [3.63, 3.8) is 0 Å². The Balaban J connectivity index is 1.74. The average molecular weight is 527 g/mol. The summed E-state index contributed by atoms with van der Waals surface area (Å²) in [5, 5.41) is 0. The highest BCUT2D eigenvalue weighted by atomic mass is 19.2. The van der Waals surface area contributed by atoms with Crippen molar-refractivity contribution < 1.29 is 37.3 Å². The van der Waals surface area contributed by atoms with Gasteiger partial charge in [0.15, 0.2) is 11.6 Å². The van der Waals surface area contributed by atoms with E-state index in [1.165, 1.54) is 12.1 Å². The van der Waals surface area contributed by atoms with Crippen LogP contribution in [0, 0.1) is 23.5 Å². The summed E-state index contributed by atoms with van der Waals surface area (Å²) in [7, 11) is 0. The molecule has 0 spiro atoms. The van der Waals surface area contributed by atoms with Gasteiger partial charge in [-0.15, -0.1) is 0 Å². The van der Waals surface area contributed by atoms with Gasteiger partial charge in [0.25, 0.3) is 0 Å². The molecule has 6 nitrogen and oxygen atoms in total. The number of ether oxygens (including phenoxy) is 4. The molecule has 0 aliphatic carbocycles. The van der Waals surface area contributed by atoms with Crippen LogP contribution in [0.3, 0.4) is 0 Å². The Morgan fingerprint density at radius 1 is 0.684 bits per heavy atom. The zero-order valence-electron chi connectivity index (χ0n) is 21.3. The van der Waals surface area contributed by atoms with Gasteiger partial charge in [0.2, 0.25) is 5.82 Å². The Labute approximate surface area is 222 Å². The molecule has 0 atom stereocenters. The summed E-state index contributed by atoms with van der Waals surface area (Å²) in [4.78, 5) is 21.9. The van der Waals surface area contributed by atoms with Gasteiger partial charge in [-0.3, -0.25) is 0 Å². The zero-order chi connectivity index (χ0) is 27.6. The maximum atomic E-state index is 14.5. The molecule has 0 radical (unpaired) electrons. The summed E-state index contributed by atoms with van der Waals surface area (Å²) >= 11 is 0. The lowest BCUT2D eigenvalue weighted by Gasteiger charge is -2.08. The maximum Gasteiger partial charge on any atom is 0.330 e. The Bertz CT molecular complexity index is 1130. The van der Waals surface area contributed by atoms with E-state index < -0.39 is 23.6 Å². The van der Waals surface area contributed by atoms with Crippen molar-refractivity contribution in [1.29, 1.82) is 0 Å². The summed E-state index contributed by atoms with van der Waals surface area (Å²) in [5.41, 5.74) is 0.550. The normalized spacial score (nSPS) is 10.1. The Morgan fingerprint density at radius 3 is 1.87 bits per heavy atom. The minimum atomic E-state index is -1.07. The minimum absolute atomic E-state index is 0.0681. The Kier molecular flexibility index (Phi) is 13.8. The largest absolute Gasteiger partial charge is 0.494 e. The van der Waals surface area contributed by atoms with E-state index in [2.05, 4.69) is 25.0 Å². The Morgan fingerprint density at radius 2 is 1.24 bits per heavy atom. The number of esters is 2. The van der Waals surface area contributed by atoms with Gasteiger partial charge in [-0.05, 0) is 74.9 Å². The second-order valence-electron chi connectivity index (χ2n) is 8.08. The molecule has 0 N–H and O–H groups in total. The average Bonchev–Trinajstić information content (AvgIpc) is 2.94. The topological polar surface area (TPSA) is 71.1 Å². The van der Waals surface area contributed by atoms with E-state index in [1.807, 2.05) is 0 Å². The van der Waals surface area contributed by atoms with Gasteiger partial charge in [0.1, 0.15) is 5.75 Å². The summed E-state index contributed by atoms with van der Waals surface area (Å²) in [6.45, 7) is 7.99. The van der Waals surface area contributed by atoms with Crippen LogP contribution in [-0.2, 0) is 19.1 Å². The Hall–Kier alpha value is -4.12. The van der Waals surface area contributed by atoms with E-state index in [-0.39, 0.29) is 17.9 Å². The fourth-order valence-electron chi connectivity index (χ4n) is 3.11. The van der Waals surface area contributed by atoms with Gasteiger partial charge >= 0.3 is 11.9 Å². The molecule has 2 aromatic rings. The molecular formula is C30H32F2O6. The van der Waals surface area contributed by atoms with Crippen LogP contribution in [0.1, 0.15) is 49.7 Å². The molecule has 0 aliphatic heterocycles. The molecule has 0 aromatic heterocycles. The van der Waals surface area contributed by atoms with E-state index in [1.54, 1.807) is 24.3 Å². The van der Waals surface area contributed by atoms with Crippen molar-refractivity contribution >= 4 is 11.9 Å². The number of carbonyl (C=O) groups excluding carboxylic acids is 2. The van der Waals surface area contributed by atoms with E-state index in [9.17, 15) is 18.4 Å². The van der Waals surface area contributed by atoms with Gasteiger partial charge < -0.3 is 18.9 Å². The second-order valence-corrected chi connectivity index (χ2v) is 8.08. The van der Waals surface area contributed by atoms with Gasteiger partial charge in [0, 0.05) is 17.7 Å². The van der Waals surface area contributed by atoms with Crippen molar-refractivity contribution in [3.05, 3.63) is 84.5 Å². The molecular weight excluding hydrogens is 494 g/mol. The van der Waals surface area contributed by atoms with E-state index >= 15 is 0 Å². The molecule has 0 bridgehead atoms. The highest BCUT2D eigenvalue weighted by molar-refractivity contribution is 5.81. The highest BCUT2D eigenvalue weighted by Crippen LogP contribution is 2.23. The zero-order valence-corrected chi connectivity index (χ0v) is 21.3. The first-order chi connectivity index (χ1) is 18.4. The minimum Gasteiger partial charge on any atom is -0.494 e. The number of hydrogen-bond donors (Lipinski definition) is 0. The number of carbonyl (C=O) groups is 2. The van der Waals surface area contributed by atoms with Crippen LogP contribution >= 0.6 is 0 Å². The summed E-state index contributed by atoms with van der Waals surface area (Å²) in [6, 6.07) is 9.69. The standard InChI is InChI=1S/C30H32F2O6/c1-3-27(33)37-21-8-6-5-7-20-36-26-18-15-24(29(31)30(26)32)14-11-23-12-16-25(17-13-23)35-19-9-10-22-38-28(34)4-2/h3-4,12-13,15-18H,1-2,5-10,19-22H2. The van der Waals surface area contributed by atoms with Crippen LogP contribution in [0.25, 0.3) is 0 Å². The summed E-state index contributed by atoms with van der Waals surface area (Å²) in [6.07, 6.45) is 6.61. The van der Waals surface area contributed by atoms with Crippen LogP contribution in [-0.4, -0.2) is 38.4 Å². The summed E-state index contributed by atoms with van der Waals surface area (Å²) in [5.74, 6) is 2.94. The van der Waals surface area contributed by atoms with Crippen molar-refractivity contribution in [1.82, 2.24) is 0 Å². The molecule has 2 aromatic carbocycles. The van der Waals surface area contributed by atoms with Crippen LogP contribution in [0.2, 0.25) is 0 Å². The number of unbranched alkanes of at least 4 members (excludes halogenated alkanes) is 4. The van der Waals surface area contributed by atoms with Crippen LogP contribution in [0.15, 0.2) is 61.7 Å². The lowest BCUT2D eigenvalue weighted by molar-refractivity contribution is -0.138. The summed E-state index contributed by atoms with van der Waals surface area (Å²) < 4.78 is 49.7. The van der Waals surface area contributed by atoms with Gasteiger partial charge in [-0.1, -0.05) is 25.0 Å². The molecule has 0 saturated carbocycles. The fraction of sp³-hybridized carbons (Fsp3) is 0.333. The van der Waals surface area contributed by atoms with Crippen LogP contribution in [0.5, 0.6) is 11.5 Å². The predicted octanol–water partition coefficient (Wildman–Crippen LogP) is 5.92. The van der Waals surface area contributed by atoms with Gasteiger partial charge in [-0.25, -0.2) is 14.0 Å². The molecule has 0 saturated heterocycles. The van der Waals surface area contributed by atoms with Crippen molar-refractivity contribution in [2.75, 3.05) is 26.4 Å². The van der Waals surface area contributed by atoms with Crippen molar-refractivity contribution in [2.24, 2.45) is 0 Å². The van der Waals surface area contributed by atoms with Gasteiger partial charge in [0.05, 0.1) is 32.0 Å². The number of hydrogen-bond acceptors (Lipinski definition) is 6. The molecule has 0 heterocycles. The molecule has 2 rings (SSSR count). The quantitative estimate of drug-likeness (QED) is 0.117. The number of benzene rings is 2. The first-order valence-electron chi connectivity index (χ1n) is 12.4. The van der Waals surface area contributed by atoms with Crippen LogP contribution in [0.4, 0.5) is 8.78 Å². The smallest absolute Gasteiger partial charge is 0.330 e. The second kappa shape index (κ2) is 17.4. The van der Waals surface area contributed by atoms with Crippen molar-refractivity contribution in [2.45, 2.75) is 38.5 Å². The lowest BCUT2D eigenvalue weighted by Crippen LogP contribution is -2.04. The van der Waals surface area contributed by atoms with E-state index in [4.69, 9.17) is 18.9 Å². The fourth-order valence-corrected chi connectivity index (χ4v) is 3.11. The van der Waals surface area contributed by atoms with E-state index in [0.29, 0.717) is 56.8 Å². The molecule has 0 amide bonds. The van der Waals surface area contributed by atoms with Crippen molar-refractivity contribution in [3.8, 4) is 23.3 Å².